The van der Waals surface area contributed by atoms with Gasteiger partial charge < -0.3 is 15.0 Å². The highest BCUT2D eigenvalue weighted by atomic mass is 19.1. The molecular weight excluding hydrogens is 353 g/mol. The molecule has 1 aliphatic heterocycles. The van der Waals surface area contributed by atoms with Crippen LogP contribution >= 0.6 is 0 Å². The Morgan fingerprint density at radius 1 is 1.14 bits per heavy atom. The minimum Gasteiger partial charge on any atom is -0.490 e. The molecule has 1 saturated heterocycles. The summed E-state index contributed by atoms with van der Waals surface area (Å²) in [6, 6.07) is 17.0. The summed E-state index contributed by atoms with van der Waals surface area (Å²) < 4.78 is 19.7. The van der Waals surface area contributed by atoms with Crippen molar-refractivity contribution in [1.82, 2.24) is 10.2 Å². The number of rotatable bonds is 5. The van der Waals surface area contributed by atoms with E-state index in [0.717, 1.165) is 62.6 Å². The first-order chi connectivity index (χ1) is 13.7. The molecule has 0 unspecified atom stereocenters. The molecule has 0 aromatic heterocycles. The molecule has 2 fully saturated rings. The molecule has 4 nitrogen and oxygen atoms in total. The van der Waals surface area contributed by atoms with Crippen molar-refractivity contribution in [2.75, 3.05) is 26.7 Å². The summed E-state index contributed by atoms with van der Waals surface area (Å²) in [5.41, 5.74) is 1.14. The monoisotopic (exact) mass is 381 g/mol. The minimum absolute atomic E-state index is 0.0484. The number of para-hydroxylation sites is 1. The molecule has 1 N–H and O–H groups in total. The Morgan fingerprint density at radius 2 is 1.89 bits per heavy atom. The van der Waals surface area contributed by atoms with E-state index in [1.165, 1.54) is 6.07 Å². The summed E-state index contributed by atoms with van der Waals surface area (Å²) in [5, 5.41) is 3.54. The number of benzene rings is 2. The maximum Gasteiger partial charge on any atom is 0.193 e. The Balaban J connectivity index is 1.30. The van der Waals surface area contributed by atoms with Crippen LogP contribution in [0.25, 0.3) is 0 Å². The number of hydrogen-bond acceptors (Lipinski definition) is 2. The summed E-state index contributed by atoms with van der Waals surface area (Å²) >= 11 is 0. The lowest BCUT2D eigenvalue weighted by atomic mass is 9.96. The molecule has 0 radical (unpaired) electrons. The molecule has 0 bridgehead atoms. The van der Waals surface area contributed by atoms with Crippen molar-refractivity contribution in [2.24, 2.45) is 4.99 Å². The van der Waals surface area contributed by atoms with Crippen molar-refractivity contribution in [1.29, 1.82) is 0 Å². The van der Waals surface area contributed by atoms with Crippen LogP contribution in [0.3, 0.4) is 0 Å². The van der Waals surface area contributed by atoms with Crippen molar-refractivity contribution < 1.29 is 9.13 Å². The maximum absolute atomic E-state index is 13.6. The van der Waals surface area contributed by atoms with E-state index in [1.54, 1.807) is 12.1 Å². The van der Waals surface area contributed by atoms with Crippen molar-refractivity contribution in [2.45, 2.75) is 37.2 Å². The fourth-order valence-corrected chi connectivity index (χ4v) is 3.99. The SMILES string of the molecule is CN=C(NCC1(c2cccc(F)c2)CC1)N1CCC(Oc2ccccc2)CC1. The number of likely N-dealkylation sites (tertiary alicyclic amines) is 1. The Morgan fingerprint density at radius 3 is 2.54 bits per heavy atom. The standard InChI is InChI=1S/C23H28FN3O/c1-25-22(26-17-23(12-13-23)18-6-5-7-19(24)16-18)27-14-10-21(11-15-27)28-20-8-3-2-4-9-20/h2-9,16,21H,10-15,17H2,1H3,(H,25,26). The van der Waals surface area contributed by atoms with E-state index in [0.29, 0.717) is 0 Å². The number of aliphatic imine (C=N–C) groups is 1. The Labute approximate surface area is 166 Å². The molecule has 4 rings (SSSR count). The number of piperidine rings is 1. The largest absolute Gasteiger partial charge is 0.490 e. The first-order valence-corrected chi connectivity index (χ1v) is 10.1. The lowest BCUT2D eigenvalue weighted by molar-refractivity contribution is 0.129. The Kier molecular flexibility index (Phi) is 5.51. The van der Waals surface area contributed by atoms with Gasteiger partial charge in [-0.1, -0.05) is 30.3 Å². The summed E-state index contributed by atoms with van der Waals surface area (Å²) in [7, 11) is 1.83. The number of halogens is 1. The van der Waals surface area contributed by atoms with Crippen LogP contribution in [0.5, 0.6) is 5.75 Å². The first-order valence-electron chi connectivity index (χ1n) is 10.1. The van der Waals surface area contributed by atoms with Gasteiger partial charge in [0.25, 0.3) is 0 Å². The number of ether oxygens (including phenoxy) is 1. The second-order valence-corrected chi connectivity index (χ2v) is 7.81. The predicted octanol–water partition coefficient (Wildman–Crippen LogP) is 3.98. The molecule has 5 heteroatoms. The fourth-order valence-electron chi connectivity index (χ4n) is 3.99. The Hall–Kier alpha value is -2.56. The van der Waals surface area contributed by atoms with Gasteiger partial charge in [0.05, 0.1) is 0 Å². The molecule has 2 aromatic carbocycles. The van der Waals surface area contributed by atoms with Crippen LogP contribution < -0.4 is 10.1 Å². The molecule has 1 aliphatic carbocycles. The van der Waals surface area contributed by atoms with Crippen LogP contribution in [0.2, 0.25) is 0 Å². The van der Waals surface area contributed by atoms with Crippen molar-refractivity contribution in [3.8, 4) is 5.75 Å². The molecule has 1 saturated carbocycles. The second-order valence-electron chi connectivity index (χ2n) is 7.81. The van der Waals surface area contributed by atoms with Gasteiger partial charge >= 0.3 is 0 Å². The normalized spacial score (nSPS) is 19.4. The van der Waals surface area contributed by atoms with E-state index in [2.05, 4.69) is 15.2 Å². The summed E-state index contributed by atoms with van der Waals surface area (Å²) in [4.78, 5) is 6.78. The zero-order chi connectivity index (χ0) is 19.4. The van der Waals surface area contributed by atoms with E-state index < -0.39 is 0 Å². The maximum atomic E-state index is 13.6. The predicted molar refractivity (Wildman–Crippen MR) is 110 cm³/mol. The van der Waals surface area contributed by atoms with Crippen LogP contribution in [0, 0.1) is 5.82 Å². The van der Waals surface area contributed by atoms with Gasteiger partial charge in [-0.2, -0.15) is 0 Å². The quantitative estimate of drug-likeness (QED) is 0.629. The molecule has 0 atom stereocenters. The number of guanidine groups is 1. The second kappa shape index (κ2) is 8.21. The zero-order valence-electron chi connectivity index (χ0n) is 16.4. The van der Waals surface area contributed by atoms with Gasteiger partial charge in [-0.3, -0.25) is 4.99 Å². The topological polar surface area (TPSA) is 36.9 Å². The van der Waals surface area contributed by atoms with E-state index in [1.807, 2.05) is 43.4 Å². The van der Waals surface area contributed by atoms with Gasteiger partial charge in [0.1, 0.15) is 17.7 Å². The van der Waals surface area contributed by atoms with Gasteiger partial charge in [-0.25, -0.2) is 4.39 Å². The average molecular weight is 381 g/mol. The summed E-state index contributed by atoms with van der Waals surface area (Å²) in [6.07, 6.45) is 4.38. The van der Waals surface area contributed by atoms with Gasteiger partial charge in [-0.15, -0.1) is 0 Å². The van der Waals surface area contributed by atoms with E-state index in [4.69, 9.17) is 4.74 Å². The third-order valence-electron chi connectivity index (χ3n) is 5.87. The third kappa shape index (κ3) is 4.29. The van der Waals surface area contributed by atoms with Gasteiger partial charge in [-0.05, 0) is 42.7 Å². The van der Waals surface area contributed by atoms with Crippen molar-refractivity contribution >= 4 is 5.96 Å². The van der Waals surface area contributed by atoms with Crippen LogP contribution in [0.4, 0.5) is 4.39 Å². The number of nitrogens with zero attached hydrogens (tertiary/aromatic N) is 2. The lowest BCUT2D eigenvalue weighted by Gasteiger charge is -2.35. The molecule has 2 aliphatic rings. The summed E-state index contributed by atoms with van der Waals surface area (Å²) in [5.74, 6) is 1.71. The van der Waals surface area contributed by atoms with E-state index >= 15 is 0 Å². The minimum atomic E-state index is -0.159. The van der Waals surface area contributed by atoms with Gasteiger partial charge in [0, 0.05) is 44.9 Å². The van der Waals surface area contributed by atoms with Gasteiger partial charge in [0.2, 0.25) is 0 Å². The van der Waals surface area contributed by atoms with E-state index in [9.17, 15) is 4.39 Å². The van der Waals surface area contributed by atoms with Gasteiger partial charge in [0.15, 0.2) is 5.96 Å². The number of hydrogen-bond donors (Lipinski definition) is 1. The zero-order valence-corrected chi connectivity index (χ0v) is 16.4. The van der Waals surface area contributed by atoms with E-state index in [-0.39, 0.29) is 17.3 Å². The smallest absolute Gasteiger partial charge is 0.193 e. The molecule has 0 spiro atoms. The number of nitrogens with one attached hydrogen (secondary N) is 1. The lowest BCUT2D eigenvalue weighted by Crippen LogP contribution is -2.49. The average Bonchev–Trinajstić information content (AvgIpc) is 3.52. The molecule has 1 heterocycles. The molecule has 28 heavy (non-hydrogen) atoms. The van der Waals surface area contributed by atoms with Crippen LogP contribution in [0.1, 0.15) is 31.2 Å². The highest BCUT2D eigenvalue weighted by Gasteiger charge is 2.44. The molecule has 0 amide bonds. The van der Waals surface area contributed by atoms with Crippen molar-refractivity contribution in [3.63, 3.8) is 0 Å². The molecular formula is C23H28FN3O. The Bertz CT molecular complexity index is 812. The third-order valence-corrected chi connectivity index (χ3v) is 5.87. The fraction of sp³-hybridized carbons (Fsp3) is 0.435. The highest BCUT2D eigenvalue weighted by Crippen LogP contribution is 2.47. The van der Waals surface area contributed by atoms with Crippen LogP contribution in [-0.4, -0.2) is 43.6 Å². The summed E-state index contributed by atoms with van der Waals surface area (Å²) in [6.45, 7) is 2.64. The first kappa shape index (κ1) is 18.8. The van der Waals surface area contributed by atoms with Crippen LogP contribution in [0.15, 0.2) is 59.6 Å². The molecule has 148 valence electrons. The highest BCUT2D eigenvalue weighted by molar-refractivity contribution is 5.80. The van der Waals surface area contributed by atoms with Crippen molar-refractivity contribution in [3.05, 3.63) is 66.0 Å². The van der Waals surface area contributed by atoms with Crippen LogP contribution in [-0.2, 0) is 5.41 Å². The molecule has 2 aromatic rings.